The number of anilines is 1. The van der Waals surface area contributed by atoms with Crippen LogP contribution in [0.15, 0.2) is 48.5 Å². The number of hydrogen-bond donors (Lipinski definition) is 1. The van der Waals surface area contributed by atoms with Gasteiger partial charge in [-0.2, -0.15) is 0 Å². The molecule has 128 valence electrons. The summed E-state index contributed by atoms with van der Waals surface area (Å²) in [6.07, 6.45) is 0. The molecule has 1 aromatic heterocycles. The van der Waals surface area contributed by atoms with Gasteiger partial charge in [0.1, 0.15) is 0 Å². The van der Waals surface area contributed by atoms with E-state index in [4.69, 9.17) is 4.74 Å². The van der Waals surface area contributed by atoms with Gasteiger partial charge in [0.05, 0.1) is 23.4 Å². The molecule has 0 atom stereocenters. The van der Waals surface area contributed by atoms with Crippen LogP contribution in [0.25, 0.3) is 10.2 Å². The Morgan fingerprint density at radius 2 is 1.96 bits per heavy atom. The minimum atomic E-state index is -0.131. The summed E-state index contributed by atoms with van der Waals surface area (Å²) in [6, 6.07) is 15.5. The second-order valence-corrected chi connectivity index (χ2v) is 7.06. The van der Waals surface area contributed by atoms with E-state index in [-0.39, 0.29) is 5.91 Å². The van der Waals surface area contributed by atoms with Crippen molar-refractivity contribution in [1.82, 2.24) is 9.88 Å². The van der Waals surface area contributed by atoms with Crippen molar-refractivity contribution in [3.63, 3.8) is 0 Å². The topological polar surface area (TPSA) is 54.5 Å². The molecule has 5 nitrogen and oxygen atoms in total. The fourth-order valence-corrected chi connectivity index (χ4v) is 3.82. The molecule has 25 heavy (non-hydrogen) atoms. The van der Waals surface area contributed by atoms with Gasteiger partial charge in [0.15, 0.2) is 5.13 Å². The number of morpholine rings is 1. The molecular formula is C19H19N3O2S. The Morgan fingerprint density at radius 3 is 2.76 bits per heavy atom. The van der Waals surface area contributed by atoms with Gasteiger partial charge >= 0.3 is 0 Å². The fourth-order valence-electron chi connectivity index (χ4n) is 2.90. The molecule has 1 saturated heterocycles. The molecular weight excluding hydrogens is 334 g/mol. The van der Waals surface area contributed by atoms with Crippen molar-refractivity contribution in [1.29, 1.82) is 0 Å². The van der Waals surface area contributed by atoms with E-state index in [0.29, 0.717) is 10.7 Å². The summed E-state index contributed by atoms with van der Waals surface area (Å²) in [5.74, 6) is -0.131. The molecule has 0 bridgehead atoms. The van der Waals surface area contributed by atoms with Gasteiger partial charge in [0, 0.05) is 25.2 Å². The Kier molecular flexibility index (Phi) is 4.74. The molecule has 0 spiro atoms. The van der Waals surface area contributed by atoms with Crippen LogP contribution >= 0.6 is 11.3 Å². The van der Waals surface area contributed by atoms with Gasteiger partial charge in [-0.25, -0.2) is 4.98 Å². The van der Waals surface area contributed by atoms with Crippen LogP contribution in [0.3, 0.4) is 0 Å². The van der Waals surface area contributed by atoms with E-state index >= 15 is 0 Å². The average molecular weight is 353 g/mol. The van der Waals surface area contributed by atoms with Crippen molar-refractivity contribution in [3.8, 4) is 0 Å². The van der Waals surface area contributed by atoms with Crippen molar-refractivity contribution in [2.24, 2.45) is 0 Å². The highest BCUT2D eigenvalue weighted by Gasteiger charge is 2.13. The number of thiazole rings is 1. The summed E-state index contributed by atoms with van der Waals surface area (Å²) in [4.78, 5) is 19.2. The lowest BCUT2D eigenvalue weighted by Gasteiger charge is -2.26. The highest BCUT2D eigenvalue weighted by Crippen LogP contribution is 2.27. The van der Waals surface area contributed by atoms with Crippen LogP contribution in [-0.4, -0.2) is 42.1 Å². The first kappa shape index (κ1) is 16.2. The molecule has 1 fully saturated rings. The number of hydrogen-bond acceptors (Lipinski definition) is 5. The lowest BCUT2D eigenvalue weighted by atomic mass is 10.2. The number of nitrogens with zero attached hydrogens (tertiary/aromatic N) is 2. The standard InChI is InChI=1S/C19H19N3O2S/c23-18(15-4-2-1-3-5-15)21-19-20-16-7-6-14(12-17(16)25-19)13-22-8-10-24-11-9-22/h1-7,12H,8-11,13H2,(H,20,21,23). The zero-order valence-electron chi connectivity index (χ0n) is 13.8. The van der Waals surface area contributed by atoms with Crippen LogP contribution in [0.1, 0.15) is 15.9 Å². The largest absolute Gasteiger partial charge is 0.379 e. The number of benzene rings is 2. The maximum atomic E-state index is 12.3. The Balaban J connectivity index is 1.49. The van der Waals surface area contributed by atoms with E-state index < -0.39 is 0 Å². The highest BCUT2D eigenvalue weighted by molar-refractivity contribution is 7.22. The first-order valence-corrected chi connectivity index (χ1v) is 9.15. The number of carbonyl (C=O) groups is 1. The third kappa shape index (κ3) is 3.87. The van der Waals surface area contributed by atoms with Gasteiger partial charge in [-0.3, -0.25) is 15.0 Å². The predicted octanol–water partition coefficient (Wildman–Crippen LogP) is 3.38. The van der Waals surface area contributed by atoms with Crippen LogP contribution in [0, 0.1) is 0 Å². The molecule has 6 heteroatoms. The molecule has 1 N–H and O–H groups in total. The quantitative estimate of drug-likeness (QED) is 0.781. The number of fused-ring (bicyclic) bond motifs is 1. The highest BCUT2D eigenvalue weighted by atomic mass is 32.1. The minimum absolute atomic E-state index is 0.131. The summed E-state index contributed by atoms with van der Waals surface area (Å²) in [5.41, 5.74) is 2.81. The van der Waals surface area contributed by atoms with Crippen LogP contribution in [0.5, 0.6) is 0 Å². The third-order valence-electron chi connectivity index (χ3n) is 4.22. The third-order valence-corrected chi connectivity index (χ3v) is 5.15. The van der Waals surface area contributed by atoms with Crippen LogP contribution < -0.4 is 5.32 Å². The Bertz CT molecular complexity index is 873. The van der Waals surface area contributed by atoms with E-state index in [1.165, 1.54) is 16.9 Å². The maximum absolute atomic E-state index is 12.3. The number of nitrogens with one attached hydrogen (secondary N) is 1. The molecule has 2 aromatic carbocycles. The summed E-state index contributed by atoms with van der Waals surface area (Å²) >= 11 is 1.51. The van der Waals surface area contributed by atoms with Gasteiger partial charge < -0.3 is 4.74 Å². The summed E-state index contributed by atoms with van der Waals surface area (Å²) in [5, 5.41) is 3.52. The lowest BCUT2D eigenvalue weighted by Crippen LogP contribution is -2.35. The maximum Gasteiger partial charge on any atom is 0.257 e. The van der Waals surface area contributed by atoms with Gasteiger partial charge in [0.25, 0.3) is 5.91 Å². The van der Waals surface area contributed by atoms with Crippen molar-refractivity contribution >= 4 is 32.6 Å². The summed E-state index contributed by atoms with van der Waals surface area (Å²) in [7, 11) is 0. The van der Waals surface area contributed by atoms with Crippen LogP contribution in [-0.2, 0) is 11.3 Å². The zero-order valence-corrected chi connectivity index (χ0v) is 14.6. The number of amides is 1. The Morgan fingerprint density at radius 1 is 1.16 bits per heavy atom. The average Bonchev–Trinajstić information content (AvgIpc) is 3.05. The van der Waals surface area contributed by atoms with Gasteiger partial charge in [-0.05, 0) is 29.8 Å². The van der Waals surface area contributed by atoms with Crippen LogP contribution in [0.4, 0.5) is 5.13 Å². The number of rotatable bonds is 4. The predicted molar refractivity (Wildman–Crippen MR) is 100 cm³/mol. The van der Waals surface area contributed by atoms with Crippen molar-refractivity contribution in [2.75, 3.05) is 31.6 Å². The summed E-state index contributed by atoms with van der Waals surface area (Å²) < 4.78 is 6.49. The second kappa shape index (κ2) is 7.31. The van der Waals surface area contributed by atoms with Gasteiger partial charge in [0.2, 0.25) is 0 Å². The van der Waals surface area contributed by atoms with E-state index in [0.717, 1.165) is 43.1 Å². The Hall–Kier alpha value is -2.28. The molecule has 0 radical (unpaired) electrons. The monoisotopic (exact) mass is 353 g/mol. The molecule has 2 heterocycles. The smallest absolute Gasteiger partial charge is 0.257 e. The molecule has 0 saturated carbocycles. The normalized spacial score (nSPS) is 15.4. The first-order chi connectivity index (χ1) is 12.3. The summed E-state index contributed by atoms with van der Waals surface area (Å²) in [6.45, 7) is 4.47. The van der Waals surface area contributed by atoms with Crippen LogP contribution in [0.2, 0.25) is 0 Å². The van der Waals surface area contributed by atoms with E-state index in [2.05, 4.69) is 27.3 Å². The molecule has 1 amide bonds. The number of carbonyl (C=O) groups excluding carboxylic acids is 1. The first-order valence-electron chi connectivity index (χ1n) is 8.34. The molecule has 1 aliphatic rings. The SMILES string of the molecule is O=C(Nc1nc2ccc(CN3CCOCC3)cc2s1)c1ccccc1. The van der Waals surface area contributed by atoms with E-state index in [1.54, 1.807) is 12.1 Å². The number of aromatic nitrogens is 1. The van der Waals surface area contributed by atoms with Gasteiger partial charge in [-0.1, -0.05) is 35.6 Å². The zero-order chi connectivity index (χ0) is 17.1. The molecule has 1 aliphatic heterocycles. The van der Waals surface area contributed by atoms with Crippen molar-refractivity contribution in [2.45, 2.75) is 6.54 Å². The fraction of sp³-hybridized carbons (Fsp3) is 0.263. The molecule has 0 aliphatic carbocycles. The number of ether oxygens (including phenoxy) is 1. The molecule has 4 rings (SSSR count). The van der Waals surface area contributed by atoms with Crippen molar-refractivity contribution in [3.05, 3.63) is 59.7 Å². The Labute approximate surface area is 150 Å². The minimum Gasteiger partial charge on any atom is -0.379 e. The second-order valence-electron chi connectivity index (χ2n) is 6.03. The molecule has 3 aromatic rings. The van der Waals surface area contributed by atoms with E-state index in [9.17, 15) is 4.79 Å². The van der Waals surface area contributed by atoms with Crippen molar-refractivity contribution < 1.29 is 9.53 Å². The lowest BCUT2D eigenvalue weighted by molar-refractivity contribution is 0.0342. The van der Waals surface area contributed by atoms with E-state index in [1.807, 2.05) is 24.3 Å². The molecule has 0 unspecified atom stereocenters. The van der Waals surface area contributed by atoms with Gasteiger partial charge in [-0.15, -0.1) is 0 Å².